The Kier molecular flexibility index (Phi) is 8.89. The van der Waals surface area contributed by atoms with Crippen LogP contribution in [0.15, 0.2) is 217 Å². The molecule has 0 radical (unpaired) electrons. The molecule has 0 amide bonds. The van der Waals surface area contributed by atoms with Crippen molar-refractivity contribution >= 4 is 92.8 Å². The monoisotopic (exact) mass is 924 g/mol. The summed E-state index contributed by atoms with van der Waals surface area (Å²) < 4.78 is 10.2. The number of hydrogen-bond donors (Lipinski definition) is 0. The van der Waals surface area contributed by atoms with E-state index in [4.69, 9.17) is 19.4 Å². The number of aromatic nitrogens is 4. The third-order valence-electron chi connectivity index (χ3n) is 14.5. The number of hydrogen-bond acceptors (Lipinski definition) is 5. The lowest BCUT2D eigenvalue weighted by Crippen LogP contribution is -2.01. The normalized spacial score (nSPS) is 12.6. The van der Waals surface area contributed by atoms with Gasteiger partial charge in [-0.15, -0.1) is 11.3 Å². The van der Waals surface area contributed by atoms with E-state index in [9.17, 15) is 0 Å². The first kappa shape index (κ1) is 40.0. The molecule has 71 heavy (non-hydrogen) atoms. The van der Waals surface area contributed by atoms with Crippen LogP contribution in [-0.2, 0) is 6.42 Å². The Hall–Kier alpha value is -8.97. The Labute approximate surface area is 412 Å². The molecule has 332 valence electrons. The molecular formula is C65H40N4OS. The molecular weight excluding hydrogens is 885 g/mol. The Morgan fingerprint density at radius 2 is 0.986 bits per heavy atom. The predicted octanol–water partition coefficient (Wildman–Crippen LogP) is 17.7. The lowest BCUT2D eigenvalue weighted by atomic mass is 9.94. The molecule has 4 heterocycles. The Bertz CT molecular complexity index is 4520. The lowest BCUT2D eigenvalue weighted by molar-refractivity contribution is 0.669. The van der Waals surface area contributed by atoms with Crippen LogP contribution in [0.1, 0.15) is 16.9 Å². The molecule has 0 aliphatic heterocycles. The second kappa shape index (κ2) is 15.8. The van der Waals surface area contributed by atoms with E-state index in [2.05, 4.69) is 168 Å². The summed E-state index contributed by atoms with van der Waals surface area (Å²) in [6.45, 7) is 0. The van der Waals surface area contributed by atoms with Gasteiger partial charge in [0, 0.05) is 64.4 Å². The van der Waals surface area contributed by atoms with Gasteiger partial charge in [-0.25, -0.2) is 15.0 Å². The second-order valence-electron chi connectivity index (χ2n) is 18.5. The average molecular weight is 925 g/mol. The topological polar surface area (TPSA) is 56.7 Å². The van der Waals surface area contributed by atoms with E-state index in [0.717, 1.165) is 57.2 Å². The molecule has 1 aliphatic rings. The van der Waals surface area contributed by atoms with Crippen LogP contribution in [0.4, 0.5) is 0 Å². The maximum atomic E-state index is 6.32. The number of benzene rings is 10. The third-order valence-corrected chi connectivity index (χ3v) is 15.8. The lowest BCUT2D eigenvalue weighted by Gasteiger charge is -2.15. The molecule has 1 aliphatic carbocycles. The van der Waals surface area contributed by atoms with Crippen molar-refractivity contribution in [3.05, 3.63) is 223 Å². The van der Waals surface area contributed by atoms with Crippen LogP contribution in [-0.4, -0.2) is 19.5 Å². The van der Waals surface area contributed by atoms with Gasteiger partial charge in [-0.1, -0.05) is 164 Å². The minimum atomic E-state index is 0.583. The van der Waals surface area contributed by atoms with Gasteiger partial charge in [0.25, 0.3) is 0 Å². The molecule has 0 bridgehead atoms. The molecule has 0 N–H and O–H groups in total. The molecule has 0 spiro atoms. The molecule has 0 atom stereocenters. The molecule has 0 saturated heterocycles. The number of para-hydroxylation sites is 2. The highest BCUT2D eigenvalue weighted by Crippen LogP contribution is 2.47. The molecule has 0 fully saturated rings. The number of rotatable bonds is 6. The average Bonchev–Trinajstić information content (AvgIpc) is 4.14. The van der Waals surface area contributed by atoms with Crippen LogP contribution in [0.2, 0.25) is 0 Å². The fourth-order valence-corrected chi connectivity index (χ4v) is 12.6. The zero-order valence-corrected chi connectivity index (χ0v) is 39.1. The second-order valence-corrected chi connectivity index (χ2v) is 19.6. The fraction of sp³-hybridized carbons (Fsp3) is 0.0308. The maximum Gasteiger partial charge on any atom is 0.164 e. The van der Waals surface area contributed by atoms with E-state index < -0.39 is 0 Å². The largest absolute Gasteiger partial charge is 0.456 e. The van der Waals surface area contributed by atoms with Gasteiger partial charge in [-0.2, -0.15) is 0 Å². The van der Waals surface area contributed by atoms with Crippen molar-refractivity contribution in [3.8, 4) is 62.1 Å². The molecule has 0 saturated carbocycles. The fourth-order valence-electron chi connectivity index (χ4n) is 11.3. The van der Waals surface area contributed by atoms with Crippen LogP contribution in [0.25, 0.3) is 144 Å². The molecule has 0 unspecified atom stereocenters. The highest BCUT2D eigenvalue weighted by molar-refractivity contribution is 7.20. The van der Waals surface area contributed by atoms with Crippen LogP contribution in [0, 0.1) is 0 Å². The van der Waals surface area contributed by atoms with Crippen molar-refractivity contribution in [2.45, 2.75) is 12.8 Å². The van der Waals surface area contributed by atoms with E-state index in [1.165, 1.54) is 86.1 Å². The Balaban J connectivity index is 0.932. The minimum Gasteiger partial charge on any atom is -0.456 e. The standard InChI is InChI=1S/C65H40N4OS/c1-2-15-39(16-3-1)63-66-64(68-65(67-63)43-33-36-50-49-21-8-10-29-56(49)70-57(50)38-43)40-31-34-44(35-32-40)69-60-45(25-13-28-55(60)59-52-23-6-4-19-47(52)48-20-5-7-24-53(48)61(59)69)41-17-12-18-42(37-41)46-26-14-27-54-51-22-9-11-30-58(51)71-62(46)54/h1-8,10-21,23-38H,9,22H2. The molecule has 6 heteroatoms. The summed E-state index contributed by atoms with van der Waals surface area (Å²) in [5.74, 6) is 1.79. The van der Waals surface area contributed by atoms with Gasteiger partial charge in [0.2, 0.25) is 0 Å². The number of thiophene rings is 1. The number of furan rings is 1. The molecule has 14 aromatic rings. The summed E-state index contributed by atoms with van der Waals surface area (Å²) in [6.07, 6.45) is 6.82. The van der Waals surface area contributed by atoms with Gasteiger partial charge in [0.1, 0.15) is 11.2 Å². The molecule has 4 aromatic heterocycles. The van der Waals surface area contributed by atoms with Gasteiger partial charge in [-0.05, 0) is 111 Å². The van der Waals surface area contributed by atoms with Crippen molar-refractivity contribution in [3.63, 3.8) is 0 Å². The zero-order chi connectivity index (χ0) is 46.6. The van der Waals surface area contributed by atoms with Crippen molar-refractivity contribution < 1.29 is 4.42 Å². The highest BCUT2D eigenvalue weighted by Gasteiger charge is 2.23. The highest BCUT2D eigenvalue weighted by atomic mass is 32.1. The summed E-state index contributed by atoms with van der Waals surface area (Å²) in [4.78, 5) is 16.8. The zero-order valence-electron chi connectivity index (χ0n) is 38.3. The van der Waals surface area contributed by atoms with Crippen LogP contribution in [0.3, 0.4) is 0 Å². The molecule has 15 rings (SSSR count). The molecule has 5 nitrogen and oxygen atoms in total. The van der Waals surface area contributed by atoms with Gasteiger partial charge in [-0.3, -0.25) is 0 Å². The van der Waals surface area contributed by atoms with Crippen molar-refractivity contribution in [1.82, 2.24) is 19.5 Å². The van der Waals surface area contributed by atoms with E-state index in [1.54, 1.807) is 0 Å². The van der Waals surface area contributed by atoms with Crippen LogP contribution in [0.5, 0.6) is 0 Å². The summed E-state index contributed by atoms with van der Waals surface area (Å²) in [5.41, 5.74) is 14.1. The number of nitrogens with zero attached hydrogens (tertiary/aromatic N) is 4. The van der Waals surface area contributed by atoms with Crippen LogP contribution >= 0.6 is 11.3 Å². The SMILES string of the molecule is C1=Cc2sc3c(-c4cccc(-c5cccc6c7c8ccccc8c8ccccc8c7n(-c7ccc(-c8nc(-c9ccccc9)nc(-c9ccc%10c(c9)oc9ccccc9%10)n8)cc7)c56)c4)cccc3c2CC1. The summed E-state index contributed by atoms with van der Waals surface area (Å²) >= 11 is 1.92. The van der Waals surface area contributed by atoms with Gasteiger partial charge in [0.15, 0.2) is 17.5 Å². The Morgan fingerprint density at radius 1 is 0.408 bits per heavy atom. The summed E-state index contributed by atoms with van der Waals surface area (Å²) in [7, 11) is 0. The number of fused-ring (bicyclic) bond motifs is 14. The summed E-state index contributed by atoms with van der Waals surface area (Å²) in [5, 5.41) is 10.9. The quantitative estimate of drug-likeness (QED) is 0.156. The van der Waals surface area contributed by atoms with Crippen molar-refractivity contribution in [2.24, 2.45) is 0 Å². The smallest absolute Gasteiger partial charge is 0.164 e. The van der Waals surface area contributed by atoms with Gasteiger partial charge in [0.05, 0.1) is 11.0 Å². The first-order valence-corrected chi connectivity index (χ1v) is 25.0. The first-order valence-electron chi connectivity index (χ1n) is 24.2. The van der Waals surface area contributed by atoms with Crippen molar-refractivity contribution in [2.75, 3.05) is 0 Å². The van der Waals surface area contributed by atoms with Gasteiger partial charge < -0.3 is 8.98 Å². The van der Waals surface area contributed by atoms with E-state index in [-0.39, 0.29) is 0 Å². The van der Waals surface area contributed by atoms with E-state index in [1.807, 2.05) is 65.9 Å². The number of aryl methyl sites for hydroxylation is 1. The third kappa shape index (κ3) is 6.28. The van der Waals surface area contributed by atoms with E-state index >= 15 is 0 Å². The summed E-state index contributed by atoms with van der Waals surface area (Å²) in [6, 6.07) is 73.9. The molecule has 10 aromatic carbocycles. The predicted molar refractivity (Wildman–Crippen MR) is 296 cm³/mol. The van der Waals surface area contributed by atoms with Crippen molar-refractivity contribution in [1.29, 1.82) is 0 Å². The Morgan fingerprint density at radius 3 is 1.79 bits per heavy atom. The van der Waals surface area contributed by atoms with Crippen LogP contribution < -0.4 is 0 Å². The van der Waals surface area contributed by atoms with E-state index in [0.29, 0.717) is 17.5 Å². The van der Waals surface area contributed by atoms with Gasteiger partial charge >= 0.3 is 0 Å². The maximum absolute atomic E-state index is 6.32. The number of allylic oxidation sites excluding steroid dienone is 1. The first-order chi connectivity index (χ1) is 35.2. The minimum absolute atomic E-state index is 0.583.